The predicted octanol–water partition coefficient (Wildman–Crippen LogP) is 5.88. The lowest BCUT2D eigenvalue weighted by atomic mass is 10.1. The van der Waals surface area contributed by atoms with Crippen molar-refractivity contribution in [2.24, 2.45) is 0 Å². The van der Waals surface area contributed by atoms with Crippen LogP contribution in [0.5, 0.6) is 11.5 Å². The molecule has 0 saturated heterocycles. The Morgan fingerprint density at radius 2 is 1.80 bits per heavy atom. The van der Waals surface area contributed by atoms with Gasteiger partial charge in [-0.05, 0) is 48.5 Å². The van der Waals surface area contributed by atoms with Gasteiger partial charge in [0.25, 0.3) is 0 Å². The fourth-order valence-electron chi connectivity index (χ4n) is 3.23. The van der Waals surface area contributed by atoms with Crippen molar-refractivity contribution in [2.75, 3.05) is 25.3 Å². The van der Waals surface area contributed by atoms with Gasteiger partial charge in [-0.25, -0.2) is 9.97 Å². The summed E-state index contributed by atoms with van der Waals surface area (Å²) in [5.41, 5.74) is 3.85. The number of ether oxygens (including phenoxy) is 2. The molecule has 7 nitrogen and oxygen atoms in total. The van der Waals surface area contributed by atoms with E-state index in [4.69, 9.17) is 9.47 Å². The normalized spacial score (nSPS) is 10.4. The van der Waals surface area contributed by atoms with E-state index in [1.165, 1.54) is 23.1 Å². The third kappa shape index (κ3) is 6.18. The van der Waals surface area contributed by atoms with Crippen molar-refractivity contribution in [3.8, 4) is 40.1 Å². The molecule has 0 aliphatic heterocycles. The van der Waals surface area contributed by atoms with Gasteiger partial charge in [-0.1, -0.05) is 12.1 Å². The minimum atomic E-state index is -0.145. The molecule has 9 heteroatoms. The van der Waals surface area contributed by atoms with Crippen LogP contribution in [0.15, 0.2) is 71.1 Å². The highest BCUT2D eigenvalue weighted by Gasteiger charge is 2.12. The Kier molecular flexibility index (Phi) is 7.98. The van der Waals surface area contributed by atoms with Crippen LogP contribution in [-0.2, 0) is 4.79 Å². The van der Waals surface area contributed by atoms with Crippen molar-refractivity contribution in [3.63, 3.8) is 0 Å². The topological polar surface area (TPSA) is 97.1 Å². The van der Waals surface area contributed by atoms with Crippen LogP contribution in [-0.4, -0.2) is 35.8 Å². The van der Waals surface area contributed by atoms with E-state index in [-0.39, 0.29) is 12.3 Å². The van der Waals surface area contributed by atoms with Crippen LogP contribution in [0.3, 0.4) is 0 Å². The maximum atomic E-state index is 12.5. The molecule has 0 unspecified atom stereocenters. The molecule has 0 bridgehead atoms. The van der Waals surface area contributed by atoms with Gasteiger partial charge in [-0.2, -0.15) is 5.26 Å². The molecular formula is C26H22N4O3S2. The van der Waals surface area contributed by atoms with Crippen LogP contribution >= 0.6 is 23.1 Å². The number of carbonyl (C=O) groups excluding carboxylic acids is 1. The average molecular weight is 503 g/mol. The van der Waals surface area contributed by atoms with E-state index in [2.05, 4.69) is 21.4 Å². The first kappa shape index (κ1) is 24.3. The van der Waals surface area contributed by atoms with Crippen LogP contribution in [0.2, 0.25) is 0 Å². The molecule has 0 aliphatic rings. The Labute approximate surface area is 211 Å². The molecule has 0 radical (unpaired) electrons. The van der Waals surface area contributed by atoms with E-state index in [0.29, 0.717) is 21.5 Å². The summed E-state index contributed by atoms with van der Waals surface area (Å²) in [7, 11) is 3.24. The smallest absolute Gasteiger partial charge is 0.226 e. The zero-order chi connectivity index (χ0) is 24.6. The minimum Gasteiger partial charge on any atom is -0.497 e. The molecule has 0 saturated carbocycles. The molecule has 0 fully saturated rings. The van der Waals surface area contributed by atoms with Gasteiger partial charge in [-0.15, -0.1) is 23.1 Å². The molecule has 35 heavy (non-hydrogen) atoms. The summed E-state index contributed by atoms with van der Waals surface area (Å²) in [4.78, 5) is 21.6. The number of amides is 1. The number of carbonyl (C=O) groups is 1. The molecule has 176 valence electrons. The summed E-state index contributed by atoms with van der Waals surface area (Å²) in [5.74, 6) is 1.85. The van der Waals surface area contributed by atoms with Crippen molar-refractivity contribution >= 4 is 34.1 Å². The van der Waals surface area contributed by atoms with Gasteiger partial charge >= 0.3 is 0 Å². The SMILES string of the molecule is COc1ccc(-c2ccc(C#N)c(SCCC(=O)Nc3nc(-c4cccc(OC)c4)cs3)n2)cc1. The number of pyridine rings is 1. The lowest BCUT2D eigenvalue weighted by Gasteiger charge is -2.08. The van der Waals surface area contributed by atoms with E-state index < -0.39 is 0 Å². The number of nitriles is 1. The molecule has 2 aromatic carbocycles. The number of methoxy groups -OCH3 is 2. The average Bonchev–Trinajstić information content (AvgIpc) is 3.37. The Balaban J connectivity index is 1.36. The first-order chi connectivity index (χ1) is 17.1. The highest BCUT2D eigenvalue weighted by Crippen LogP contribution is 2.29. The summed E-state index contributed by atoms with van der Waals surface area (Å²) < 4.78 is 10.5. The second-order valence-electron chi connectivity index (χ2n) is 7.31. The summed E-state index contributed by atoms with van der Waals surface area (Å²) in [6.45, 7) is 0. The second-order valence-corrected chi connectivity index (χ2v) is 9.25. The van der Waals surface area contributed by atoms with Gasteiger partial charge in [-0.3, -0.25) is 4.79 Å². The van der Waals surface area contributed by atoms with Gasteiger partial charge in [0, 0.05) is 28.7 Å². The number of nitrogens with one attached hydrogen (secondary N) is 1. The molecule has 2 heterocycles. The van der Waals surface area contributed by atoms with Crippen molar-refractivity contribution in [3.05, 3.63) is 71.6 Å². The summed E-state index contributed by atoms with van der Waals surface area (Å²) >= 11 is 2.75. The molecule has 2 aromatic heterocycles. The van der Waals surface area contributed by atoms with Crippen LogP contribution in [0.4, 0.5) is 5.13 Å². The van der Waals surface area contributed by atoms with E-state index >= 15 is 0 Å². The molecule has 0 atom stereocenters. The summed E-state index contributed by atoms with van der Waals surface area (Å²) in [6.07, 6.45) is 0.262. The Morgan fingerprint density at radius 1 is 1.00 bits per heavy atom. The Bertz CT molecular complexity index is 1360. The molecule has 0 spiro atoms. The zero-order valence-corrected chi connectivity index (χ0v) is 20.8. The summed E-state index contributed by atoms with van der Waals surface area (Å²) in [6, 6.07) is 20.9. The molecule has 1 N–H and O–H groups in total. The van der Waals surface area contributed by atoms with Gasteiger partial charge in [0.2, 0.25) is 5.91 Å². The maximum Gasteiger partial charge on any atom is 0.226 e. The maximum absolute atomic E-state index is 12.5. The van der Waals surface area contributed by atoms with Crippen molar-refractivity contribution in [1.29, 1.82) is 5.26 Å². The highest BCUT2D eigenvalue weighted by atomic mass is 32.2. The minimum absolute atomic E-state index is 0.145. The standard InChI is InChI=1S/C26H22N4O3S2/c1-32-20-9-6-17(7-10-20)22-11-8-19(15-27)25(28-22)34-13-12-24(31)30-26-29-23(16-35-26)18-4-3-5-21(14-18)33-2/h3-11,14,16H,12-13H2,1-2H3,(H,29,30,31). The van der Waals surface area contributed by atoms with E-state index in [9.17, 15) is 10.1 Å². The second kappa shape index (κ2) is 11.5. The quantitative estimate of drug-likeness (QED) is 0.285. The number of hydrogen-bond acceptors (Lipinski definition) is 8. The van der Waals surface area contributed by atoms with E-state index in [1.807, 2.05) is 60.0 Å². The molecule has 0 aliphatic carbocycles. The fraction of sp³-hybridized carbons (Fsp3) is 0.154. The number of thioether (sulfide) groups is 1. The lowest BCUT2D eigenvalue weighted by Crippen LogP contribution is -2.12. The van der Waals surface area contributed by atoms with Gasteiger partial charge in [0.1, 0.15) is 22.6 Å². The van der Waals surface area contributed by atoms with Crippen molar-refractivity contribution < 1.29 is 14.3 Å². The predicted molar refractivity (Wildman–Crippen MR) is 139 cm³/mol. The Hall–Kier alpha value is -3.87. The zero-order valence-electron chi connectivity index (χ0n) is 19.1. The van der Waals surface area contributed by atoms with E-state index in [1.54, 1.807) is 20.3 Å². The largest absolute Gasteiger partial charge is 0.497 e. The fourth-order valence-corrected chi connectivity index (χ4v) is 4.88. The number of nitrogens with zero attached hydrogens (tertiary/aromatic N) is 3. The molecular weight excluding hydrogens is 480 g/mol. The lowest BCUT2D eigenvalue weighted by molar-refractivity contribution is -0.115. The number of aromatic nitrogens is 2. The number of rotatable bonds is 9. The van der Waals surface area contributed by atoms with Crippen LogP contribution < -0.4 is 14.8 Å². The monoisotopic (exact) mass is 502 g/mol. The van der Waals surface area contributed by atoms with Crippen LogP contribution in [0.25, 0.3) is 22.5 Å². The van der Waals surface area contributed by atoms with Crippen molar-refractivity contribution in [2.45, 2.75) is 11.4 Å². The summed E-state index contributed by atoms with van der Waals surface area (Å²) in [5, 5.41) is 15.4. The van der Waals surface area contributed by atoms with Gasteiger partial charge in [0.15, 0.2) is 5.13 Å². The third-order valence-electron chi connectivity index (χ3n) is 5.05. The highest BCUT2D eigenvalue weighted by molar-refractivity contribution is 7.99. The van der Waals surface area contributed by atoms with Gasteiger partial charge < -0.3 is 14.8 Å². The van der Waals surface area contributed by atoms with Crippen LogP contribution in [0.1, 0.15) is 12.0 Å². The third-order valence-corrected chi connectivity index (χ3v) is 6.80. The van der Waals surface area contributed by atoms with Crippen molar-refractivity contribution in [1.82, 2.24) is 9.97 Å². The molecule has 1 amide bonds. The molecule has 4 rings (SSSR count). The first-order valence-electron chi connectivity index (χ1n) is 10.7. The number of thiazole rings is 1. The number of anilines is 1. The van der Waals surface area contributed by atoms with E-state index in [0.717, 1.165) is 34.0 Å². The Morgan fingerprint density at radius 3 is 2.54 bits per heavy atom. The molecule has 4 aromatic rings. The van der Waals surface area contributed by atoms with Gasteiger partial charge in [0.05, 0.1) is 31.2 Å². The number of benzene rings is 2. The van der Waals surface area contributed by atoms with Crippen LogP contribution in [0, 0.1) is 11.3 Å². The first-order valence-corrected chi connectivity index (χ1v) is 12.5. The number of hydrogen-bond donors (Lipinski definition) is 1.